The van der Waals surface area contributed by atoms with E-state index in [1.54, 1.807) is 0 Å². The van der Waals surface area contributed by atoms with Gasteiger partial charge < -0.3 is 9.47 Å². The number of carbonyl (C=O) groups is 1. The third-order valence-corrected chi connectivity index (χ3v) is 3.34. The van der Waals surface area contributed by atoms with E-state index in [1.807, 2.05) is 47.6 Å². The molecule has 4 nitrogen and oxygen atoms in total. The second-order valence-corrected chi connectivity index (χ2v) is 4.81. The Hall–Kier alpha value is -2.54. The van der Waals surface area contributed by atoms with Gasteiger partial charge in [-0.15, -0.1) is 12.8 Å². The van der Waals surface area contributed by atoms with E-state index in [4.69, 9.17) is 0 Å². The minimum Gasteiger partial charge on any atom is -0.341 e. The molecule has 0 spiro atoms. The average Bonchev–Trinajstić information content (AvgIpc) is 3.04. The highest BCUT2D eigenvalue weighted by atomic mass is 16.1. The first kappa shape index (κ1) is 17.5. The Morgan fingerprint density at radius 2 is 2.00 bits per heavy atom. The SMILES string of the molecule is C#C.CCc1nccn1CCCN(C=O)Cc1ccccc1. The van der Waals surface area contributed by atoms with Crippen LogP contribution in [0.2, 0.25) is 0 Å². The number of nitrogens with zero attached hydrogens (tertiary/aromatic N) is 3. The summed E-state index contributed by atoms with van der Waals surface area (Å²) >= 11 is 0. The number of hydrogen-bond acceptors (Lipinski definition) is 2. The molecule has 2 aromatic rings. The maximum atomic E-state index is 11.1. The predicted molar refractivity (Wildman–Crippen MR) is 89.0 cm³/mol. The number of hydrogen-bond donors (Lipinski definition) is 0. The van der Waals surface area contributed by atoms with E-state index < -0.39 is 0 Å². The smallest absolute Gasteiger partial charge is 0.210 e. The summed E-state index contributed by atoms with van der Waals surface area (Å²) < 4.78 is 2.16. The summed E-state index contributed by atoms with van der Waals surface area (Å²) in [6.07, 6.45) is 14.6. The molecule has 2 rings (SSSR count). The van der Waals surface area contributed by atoms with Gasteiger partial charge in [0.05, 0.1) is 0 Å². The van der Waals surface area contributed by atoms with Crippen molar-refractivity contribution in [3.8, 4) is 12.8 Å². The average molecular weight is 297 g/mol. The largest absolute Gasteiger partial charge is 0.341 e. The van der Waals surface area contributed by atoms with Gasteiger partial charge in [-0.25, -0.2) is 4.98 Å². The van der Waals surface area contributed by atoms with E-state index in [9.17, 15) is 4.79 Å². The summed E-state index contributed by atoms with van der Waals surface area (Å²) in [7, 11) is 0. The van der Waals surface area contributed by atoms with Gasteiger partial charge in [0.25, 0.3) is 0 Å². The molecule has 0 unspecified atom stereocenters. The van der Waals surface area contributed by atoms with Gasteiger partial charge in [-0.05, 0) is 12.0 Å². The van der Waals surface area contributed by atoms with Crippen LogP contribution in [-0.4, -0.2) is 27.4 Å². The van der Waals surface area contributed by atoms with E-state index in [2.05, 4.69) is 29.3 Å². The third kappa shape index (κ3) is 5.45. The van der Waals surface area contributed by atoms with Crippen LogP contribution in [0.5, 0.6) is 0 Å². The standard InChI is InChI=1S/C16H21N3O.C2H2/c1-2-16-17-9-12-19(16)11-6-10-18(14-20)13-15-7-4-3-5-8-15;1-2/h3-5,7-9,12,14H,2,6,10-11,13H2,1H3;1-2H. The summed E-state index contributed by atoms with van der Waals surface area (Å²) in [5, 5.41) is 0. The lowest BCUT2D eigenvalue weighted by Crippen LogP contribution is -2.23. The van der Waals surface area contributed by atoms with Gasteiger partial charge in [-0.1, -0.05) is 37.3 Å². The van der Waals surface area contributed by atoms with Crippen molar-refractivity contribution in [2.45, 2.75) is 32.9 Å². The Morgan fingerprint density at radius 1 is 1.27 bits per heavy atom. The second kappa shape index (κ2) is 10.2. The molecule has 0 bridgehead atoms. The number of carbonyl (C=O) groups excluding carboxylic acids is 1. The first-order valence-electron chi connectivity index (χ1n) is 7.40. The molecule has 0 saturated heterocycles. The molecule has 1 heterocycles. The molecule has 0 N–H and O–H groups in total. The van der Waals surface area contributed by atoms with Crippen LogP contribution in [0, 0.1) is 12.8 Å². The molecule has 0 aliphatic heterocycles. The number of amides is 1. The van der Waals surface area contributed by atoms with Crippen molar-refractivity contribution >= 4 is 6.41 Å². The van der Waals surface area contributed by atoms with Crippen molar-refractivity contribution in [1.29, 1.82) is 0 Å². The molecule has 0 aliphatic rings. The van der Waals surface area contributed by atoms with Gasteiger partial charge >= 0.3 is 0 Å². The van der Waals surface area contributed by atoms with Crippen molar-refractivity contribution in [2.75, 3.05) is 6.54 Å². The Labute approximate surface area is 132 Å². The fourth-order valence-corrected chi connectivity index (χ4v) is 2.29. The molecule has 116 valence electrons. The van der Waals surface area contributed by atoms with Crippen molar-refractivity contribution in [1.82, 2.24) is 14.5 Å². The fourth-order valence-electron chi connectivity index (χ4n) is 2.29. The minimum absolute atomic E-state index is 0.675. The lowest BCUT2D eigenvalue weighted by molar-refractivity contribution is -0.118. The summed E-state index contributed by atoms with van der Waals surface area (Å²) in [5.41, 5.74) is 1.16. The molecule has 0 atom stereocenters. The van der Waals surface area contributed by atoms with Crippen molar-refractivity contribution in [2.24, 2.45) is 0 Å². The zero-order valence-corrected chi connectivity index (χ0v) is 13.1. The monoisotopic (exact) mass is 297 g/mol. The second-order valence-electron chi connectivity index (χ2n) is 4.81. The van der Waals surface area contributed by atoms with Crippen LogP contribution >= 0.6 is 0 Å². The first-order chi connectivity index (χ1) is 10.8. The zero-order valence-electron chi connectivity index (χ0n) is 13.1. The van der Waals surface area contributed by atoms with Crippen molar-refractivity contribution in [3.05, 3.63) is 54.1 Å². The lowest BCUT2D eigenvalue weighted by Gasteiger charge is -2.17. The number of imidazole rings is 1. The van der Waals surface area contributed by atoms with E-state index >= 15 is 0 Å². The summed E-state index contributed by atoms with van der Waals surface area (Å²) in [6.45, 7) is 4.45. The quantitative estimate of drug-likeness (QED) is 0.555. The lowest BCUT2D eigenvalue weighted by atomic mass is 10.2. The van der Waals surface area contributed by atoms with Crippen molar-refractivity contribution in [3.63, 3.8) is 0 Å². The third-order valence-electron chi connectivity index (χ3n) is 3.34. The maximum absolute atomic E-state index is 11.1. The van der Waals surface area contributed by atoms with Crippen LogP contribution in [0.1, 0.15) is 24.7 Å². The van der Waals surface area contributed by atoms with Crippen LogP contribution in [-0.2, 0) is 24.3 Å². The van der Waals surface area contributed by atoms with Gasteiger partial charge in [0.1, 0.15) is 5.82 Å². The first-order valence-corrected chi connectivity index (χ1v) is 7.40. The van der Waals surface area contributed by atoms with Gasteiger partial charge in [-0.3, -0.25) is 4.79 Å². The Bertz CT molecular complexity index is 560. The Balaban J connectivity index is 0.00000116. The van der Waals surface area contributed by atoms with E-state index in [1.165, 1.54) is 0 Å². The number of rotatable bonds is 8. The van der Waals surface area contributed by atoms with Gasteiger partial charge in [0.15, 0.2) is 0 Å². The van der Waals surface area contributed by atoms with Crippen LogP contribution in [0.3, 0.4) is 0 Å². The maximum Gasteiger partial charge on any atom is 0.210 e. The molecule has 0 saturated carbocycles. The summed E-state index contributed by atoms with van der Waals surface area (Å²) in [5.74, 6) is 1.10. The summed E-state index contributed by atoms with van der Waals surface area (Å²) in [4.78, 5) is 17.2. The molecular weight excluding hydrogens is 274 g/mol. The zero-order chi connectivity index (χ0) is 16.2. The van der Waals surface area contributed by atoms with Crippen molar-refractivity contribution < 1.29 is 4.79 Å². The molecule has 22 heavy (non-hydrogen) atoms. The Kier molecular flexibility index (Phi) is 8.14. The normalized spacial score (nSPS) is 9.59. The van der Waals surface area contributed by atoms with Crippen LogP contribution in [0.4, 0.5) is 0 Å². The number of aromatic nitrogens is 2. The Morgan fingerprint density at radius 3 is 2.64 bits per heavy atom. The molecule has 0 fully saturated rings. The minimum atomic E-state index is 0.675. The molecule has 1 aromatic carbocycles. The molecule has 1 amide bonds. The highest BCUT2D eigenvalue weighted by Gasteiger charge is 2.04. The van der Waals surface area contributed by atoms with Gasteiger partial charge in [-0.2, -0.15) is 0 Å². The van der Waals surface area contributed by atoms with Gasteiger partial charge in [0, 0.05) is 38.4 Å². The number of benzene rings is 1. The highest BCUT2D eigenvalue weighted by molar-refractivity contribution is 5.47. The molecule has 0 aliphatic carbocycles. The van der Waals surface area contributed by atoms with Crippen LogP contribution in [0.15, 0.2) is 42.7 Å². The van der Waals surface area contributed by atoms with E-state index in [0.717, 1.165) is 43.7 Å². The summed E-state index contributed by atoms with van der Waals surface area (Å²) in [6, 6.07) is 10.1. The number of aryl methyl sites for hydroxylation is 2. The molecule has 4 heteroatoms. The van der Waals surface area contributed by atoms with Crippen LogP contribution in [0.25, 0.3) is 0 Å². The molecule has 0 radical (unpaired) electrons. The molecule has 1 aromatic heterocycles. The highest BCUT2D eigenvalue weighted by Crippen LogP contribution is 2.05. The predicted octanol–water partition coefficient (Wildman–Crippen LogP) is 2.74. The topological polar surface area (TPSA) is 38.1 Å². The van der Waals surface area contributed by atoms with E-state index in [0.29, 0.717) is 6.54 Å². The number of terminal acetylenes is 1. The van der Waals surface area contributed by atoms with Gasteiger partial charge in [0.2, 0.25) is 6.41 Å². The van der Waals surface area contributed by atoms with Crippen LogP contribution < -0.4 is 0 Å². The van der Waals surface area contributed by atoms with E-state index in [-0.39, 0.29) is 0 Å². The fraction of sp³-hybridized carbons (Fsp3) is 0.333. The molecular formula is C18H23N3O.